The Morgan fingerprint density at radius 1 is 0.731 bits per heavy atom. The van der Waals surface area contributed by atoms with Crippen molar-refractivity contribution in [3.8, 4) is 0 Å². The molecule has 0 aromatic heterocycles. The van der Waals surface area contributed by atoms with Gasteiger partial charge in [-0.05, 0) is 60.9 Å². The highest BCUT2D eigenvalue weighted by atomic mass is 16.6. The van der Waals surface area contributed by atoms with Gasteiger partial charge in [0.15, 0.2) is 0 Å². The molecular weight excluding hydrogens is 338 g/mol. The highest BCUT2D eigenvalue weighted by Gasteiger charge is 2.23. The minimum Gasteiger partial charge on any atom is -0.469 e. The first kappa shape index (κ1) is 24.4. The van der Waals surface area contributed by atoms with Crippen molar-refractivity contribution in [2.24, 2.45) is 0 Å². The molecule has 0 radical (unpaired) electrons. The van der Waals surface area contributed by atoms with Gasteiger partial charge in [0.25, 0.3) is 0 Å². The third-order valence-electron chi connectivity index (χ3n) is 3.13. The Morgan fingerprint density at radius 3 is 1.58 bits per heavy atom. The zero-order valence-electron chi connectivity index (χ0n) is 17.3. The molecule has 0 bridgehead atoms. The molecule has 0 N–H and O–H groups in total. The number of hydrogen-bond donors (Lipinski definition) is 0. The second-order valence-corrected chi connectivity index (χ2v) is 8.27. The molecule has 0 aromatic rings. The van der Waals surface area contributed by atoms with Crippen LogP contribution in [-0.4, -0.2) is 60.8 Å². The number of methoxy groups -OCH3 is 1. The molecule has 0 spiro atoms. The molecule has 0 aromatic carbocycles. The quantitative estimate of drug-likeness (QED) is 0.331. The maximum absolute atomic E-state index is 12.1. The summed E-state index contributed by atoms with van der Waals surface area (Å²) < 4.78 is 15.3. The molecule has 0 aliphatic rings. The summed E-state index contributed by atoms with van der Waals surface area (Å²) >= 11 is 0. The van der Waals surface area contributed by atoms with E-state index in [0.29, 0.717) is 19.4 Å². The van der Waals surface area contributed by atoms with E-state index in [1.165, 1.54) is 7.11 Å². The molecule has 0 amide bonds. The smallest absolute Gasteiger partial charge is 0.320 e. The summed E-state index contributed by atoms with van der Waals surface area (Å²) in [6.45, 7) is 11.4. The lowest BCUT2D eigenvalue weighted by Gasteiger charge is -2.26. The largest absolute Gasteiger partial charge is 0.469 e. The van der Waals surface area contributed by atoms with Gasteiger partial charge in [0.05, 0.1) is 20.2 Å². The van der Waals surface area contributed by atoms with Gasteiger partial charge in [-0.25, -0.2) is 0 Å². The third kappa shape index (κ3) is 14.7. The predicted octanol–water partition coefficient (Wildman–Crippen LogP) is 2.71. The van der Waals surface area contributed by atoms with E-state index in [1.54, 1.807) is 46.4 Å². The van der Waals surface area contributed by atoms with E-state index < -0.39 is 11.2 Å². The Labute approximate surface area is 157 Å². The normalized spacial score (nSPS) is 12.0. The van der Waals surface area contributed by atoms with Crippen molar-refractivity contribution >= 4 is 17.9 Å². The van der Waals surface area contributed by atoms with Gasteiger partial charge in [-0.1, -0.05) is 6.42 Å². The van der Waals surface area contributed by atoms with Crippen LogP contribution in [0.1, 0.15) is 67.2 Å². The van der Waals surface area contributed by atoms with Gasteiger partial charge in [-0.3, -0.25) is 19.3 Å². The van der Waals surface area contributed by atoms with Gasteiger partial charge < -0.3 is 14.2 Å². The highest BCUT2D eigenvalue weighted by Crippen LogP contribution is 2.11. The van der Waals surface area contributed by atoms with E-state index in [2.05, 4.69) is 4.74 Å². The van der Waals surface area contributed by atoms with E-state index in [0.717, 1.165) is 12.8 Å². The standard InChI is InChI=1S/C19H35NO6/c1-18(2,3)25-16(22)13-20(14-17(23)26-19(4,5)6)12-10-8-9-11-15(21)24-7/h8-14H2,1-7H3. The van der Waals surface area contributed by atoms with Crippen LogP contribution in [0.4, 0.5) is 0 Å². The molecule has 26 heavy (non-hydrogen) atoms. The van der Waals surface area contributed by atoms with Crippen LogP contribution in [-0.2, 0) is 28.6 Å². The molecule has 0 saturated heterocycles. The summed E-state index contributed by atoms with van der Waals surface area (Å²) in [7, 11) is 1.37. The minimum absolute atomic E-state index is 0.0213. The van der Waals surface area contributed by atoms with Crippen LogP contribution >= 0.6 is 0 Å². The zero-order chi connectivity index (χ0) is 20.4. The maximum atomic E-state index is 12.1. The summed E-state index contributed by atoms with van der Waals surface area (Å²) in [6, 6.07) is 0. The fourth-order valence-electron chi connectivity index (χ4n) is 2.21. The summed E-state index contributed by atoms with van der Waals surface area (Å²) in [5.74, 6) is -0.990. The van der Waals surface area contributed by atoms with Crippen LogP contribution in [0.15, 0.2) is 0 Å². The van der Waals surface area contributed by atoms with E-state index in [1.807, 2.05) is 0 Å². The lowest BCUT2D eigenvalue weighted by Crippen LogP contribution is -2.40. The molecule has 0 aliphatic heterocycles. The van der Waals surface area contributed by atoms with Gasteiger partial charge in [-0.15, -0.1) is 0 Å². The third-order valence-corrected chi connectivity index (χ3v) is 3.13. The van der Waals surface area contributed by atoms with Crippen molar-refractivity contribution in [3.63, 3.8) is 0 Å². The highest BCUT2D eigenvalue weighted by molar-refractivity contribution is 5.75. The van der Waals surface area contributed by atoms with Crippen LogP contribution in [0.5, 0.6) is 0 Å². The summed E-state index contributed by atoms with van der Waals surface area (Å²) in [5.41, 5.74) is -1.15. The number of ether oxygens (including phenoxy) is 3. The fraction of sp³-hybridized carbons (Fsp3) is 0.842. The summed E-state index contributed by atoms with van der Waals surface area (Å²) in [6.07, 6.45) is 2.63. The molecule has 0 atom stereocenters. The first-order valence-corrected chi connectivity index (χ1v) is 9.05. The number of rotatable bonds is 10. The fourth-order valence-corrected chi connectivity index (χ4v) is 2.21. The molecule has 0 aliphatic carbocycles. The van der Waals surface area contributed by atoms with Crippen molar-refractivity contribution in [1.29, 1.82) is 0 Å². The van der Waals surface area contributed by atoms with Gasteiger partial charge in [-0.2, -0.15) is 0 Å². The van der Waals surface area contributed by atoms with Crippen LogP contribution in [0.25, 0.3) is 0 Å². The molecule has 0 saturated carbocycles. The lowest BCUT2D eigenvalue weighted by atomic mass is 10.2. The topological polar surface area (TPSA) is 82.1 Å². The Balaban J connectivity index is 4.55. The van der Waals surface area contributed by atoms with Crippen LogP contribution < -0.4 is 0 Å². The molecule has 7 nitrogen and oxygen atoms in total. The Bertz CT molecular complexity index is 432. The molecule has 7 heteroatoms. The summed E-state index contributed by atoms with van der Waals surface area (Å²) in [5, 5.41) is 0. The molecule has 152 valence electrons. The van der Waals surface area contributed by atoms with Gasteiger partial charge >= 0.3 is 17.9 Å². The van der Waals surface area contributed by atoms with Crippen molar-refractivity contribution in [2.45, 2.75) is 78.4 Å². The number of carbonyl (C=O) groups excluding carboxylic acids is 3. The summed E-state index contributed by atoms with van der Waals surface area (Å²) in [4.78, 5) is 37.0. The van der Waals surface area contributed by atoms with Crippen molar-refractivity contribution in [1.82, 2.24) is 4.90 Å². The number of carbonyl (C=O) groups is 3. The monoisotopic (exact) mass is 373 g/mol. The Hall–Kier alpha value is -1.63. The SMILES string of the molecule is COC(=O)CCCCCN(CC(=O)OC(C)(C)C)CC(=O)OC(C)(C)C. The van der Waals surface area contributed by atoms with Crippen molar-refractivity contribution in [2.75, 3.05) is 26.7 Å². The van der Waals surface area contributed by atoms with Crippen molar-refractivity contribution < 1.29 is 28.6 Å². The molecule has 0 unspecified atom stereocenters. The zero-order valence-corrected chi connectivity index (χ0v) is 17.3. The average molecular weight is 373 g/mol. The molecule has 0 rings (SSSR count). The molecule has 0 fully saturated rings. The Kier molecular flexibility index (Phi) is 10.5. The van der Waals surface area contributed by atoms with Crippen LogP contribution in [0.3, 0.4) is 0 Å². The van der Waals surface area contributed by atoms with Gasteiger partial charge in [0.2, 0.25) is 0 Å². The Morgan fingerprint density at radius 2 is 1.19 bits per heavy atom. The predicted molar refractivity (Wildman–Crippen MR) is 98.6 cm³/mol. The van der Waals surface area contributed by atoms with Gasteiger partial charge in [0, 0.05) is 6.42 Å². The van der Waals surface area contributed by atoms with Crippen LogP contribution in [0.2, 0.25) is 0 Å². The van der Waals surface area contributed by atoms with E-state index in [4.69, 9.17) is 9.47 Å². The first-order valence-electron chi connectivity index (χ1n) is 9.05. The van der Waals surface area contributed by atoms with Crippen LogP contribution in [0, 0.1) is 0 Å². The minimum atomic E-state index is -0.574. The second-order valence-electron chi connectivity index (χ2n) is 8.27. The lowest BCUT2D eigenvalue weighted by molar-refractivity contribution is -0.159. The number of esters is 3. The second kappa shape index (κ2) is 11.2. The average Bonchev–Trinajstić information content (AvgIpc) is 2.42. The number of hydrogen-bond acceptors (Lipinski definition) is 7. The van der Waals surface area contributed by atoms with E-state index in [-0.39, 0.29) is 31.0 Å². The molecule has 0 heterocycles. The maximum Gasteiger partial charge on any atom is 0.320 e. The number of nitrogens with zero attached hydrogens (tertiary/aromatic N) is 1. The molecular formula is C19H35NO6. The van der Waals surface area contributed by atoms with Crippen molar-refractivity contribution in [3.05, 3.63) is 0 Å². The van der Waals surface area contributed by atoms with Gasteiger partial charge in [0.1, 0.15) is 11.2 Å². The number of unbranched alkanes of at least 4 members (excludes halogenated alkanes) is 2. The van der Waals surface area contributed by atoms with E-state index >= 15 is 0 Å². The first-order chi connectivity index (χ1) is 11.8. The van der Waals surface area contributed by atoms with E-state index in [9.17, 15) is 14.4 Å².